The Kier molecular flexibility index (Phi) is 7.15. The molecule has 1 heterocycles. The summed E-state index contributed by atoms with van der Waals surface area (Å²) in [6.07, 6.45) is 2.21. The molecule has 6 heteroatoms. The van der Waals surface area contributed by atoms with Crippen molar-refractivity contribution in [2.45, 2.75) is 32.7 Å². The molecule has 1 atom stereocenters. The van der Waals surface area contributed by atoms with Crippen LogP contribution < -0.4 is 15.5 Å². The van der Waals surface area contributed by atoms with E-state index in [1.807, 2.05) is 49.4 Å². The van der Waals surface area contributed by atoms with Crippen molar-refractivity contribution in [3.63, 3.8) is 0 Å². The first-order valence-electron chi connectivity index (χ1n) is 10.1. The van der Waals surface area contributed by atoms with E-state index in [0.717, 1.165) is 37.2 Å². The van der Waals surface area contributed by atoms with Gasteiger partial charge in [-0.3, -0.25) is 9.59 Å². The van der Waals surface area contributed by atoms with E-state index in [4.69, 9.17) is 11.6 Å². The second-order valence-electron chi connectivity index (χ2n) is 7.69. The summed E-state index contributed by atoms with van der Waals surface area (Å²) in [6.45, 7) is 6.07. The lowest BCUT2D eigenvalue weighted by Crippen LogP contribution is -2.35. The molecule has 5 nitrogen and oxygen atoms in total. The van der Waals surface area contributed by atoms with E-state index in [1.54, 1.807) is 6.07 Å². The molecule has 0 radical (unpaired) electrons. The molecule has 154 valence electrons. The molecule has 3 rings (SSSR count). The molecule has 0 saturated carbocycles. The number of rotatable bonds is 6. The number of anilines is 2. The van der Waals surface area contributed by atoms with Crippen LogP contribution in [0.5, 0.6) is 0 Å². The van der Waals surface area contributed by atoms with E-state index in [-0.39, 0.29) is 23.7 Å². The maximum atomic E-state index is 13.2. The van der Waals surface area contributed by atoms with Crippen LogP contribution in [0.2, 0.25) is 0 Å². The van der Waals surface area contributed by atoms with Gasteiger partial charge in [-0.25, -0.2) is 0 Å². The molecule has 0 aromatic heterocycles. The van der Waals surface area contributed by atoms with Gasteiger partial charge >= 0.3 is 0 Å². The van der Waals surface area contributed by atoms with Crippen LogP contribution in [0, 0.1) is 5.92 Å². The molecule has 29 heavy (non-hydrogen) atoms. The lowest BCUT2D eigenvalue weighted by Gasteiger charge is -2.33. The molecule has 0 aliphatic carbocycles. The Morgan fingerprint density at radius 1 is 1.14 bits per heavy atom. The first-order chi connectivity index (χ1) is 14.0. The third-order valence-electron chi connectivity index (χ3n) is 5.42. The number of hydrogen-bond acceptors (Lipinski definition) is 3. The summed E-state index contributed by atoms with van der Waals surface area (Å²) in [7, 11) is 0. The zero-order chi connectivity index (χ0) is 20.8. The summed E-state index contributed by atoms with van der Waals surface area (Å²) < 4.78 is 0. The van der Waals surface area contributed by atoms with Crippen LogP contribution in [-0.4, -0.2) is 30.8 Å². The van der Waals surface area contributed by atoms with Crippen LogP contribution in [0.15, 0.2) is 48.5 Å². The fourth-order valence-corrected chi connectivity index (χ4v) is 3.68. The highest BCUT2D eigenvalue weighted by Crippen LogP contribution is 2.29. The lowest BCUT2D eigenvalue weighted by molar-refractivity contribution is -0.113. The van der Waals surface area contributed by atoms with Crippen molar-refractivity contribution in [3.8, 4) is 0 Å². The zero-order valence-corrected chi connectivity index (χ0v) is 17.7. The van der Waals surface area contributed by atoms with Crippen molar-refractivity contribution in [2.24, 2.45) is 5.92 Å². The topological polar surface area (TPSA) is 61.4 Å². The van der Waals surface area contributed by atoms with Gasteiger partial charge in [0.2, 0.25) is 5.91 Å². The van der Waals surface area contributed by atoms with E-state index in [1.165, 1.54) is 0 Å². The number of hydrogen-bond donors (Lipinski definition) is 2. The summed E-state index contributed by atoms with van der Waals surface area (Å²) in [5, 5.41) is 5.83. The van der Waals surface area contributed by atoms with Crippen LogP contribution in [0.4, 0.5) is 11.4 Å². The molecule has 1 aliphatic rings. The van der Waals surface area contributed by atoms with E-state index in [2.05, 4.69) is 22.5 Å². The van der Waals surface area contributed by atoms with E-state index in [0.29, 0.717) is 17.2 Å². The van der Waals surface area contributed by atoms with Crippen LogP contribution in [0.3, 0.4) is 0 Å². The predicted octanol–water partition coefficient (Wildman–Crippen LogP) is 4.59. The van der Waals surface area contributed by atoms with Gasteiger partial charge < -0.3 is 15.5 Å². The molecule has 2 aromatic carbocycles. The molecule has 1 saturated heterocycles. The number of nitrogens with zero attached hydrogens (tertiary/aromatic N) is 1. The second kappa shape index (κ2) is 9.79. The van der Waals surface area contributed by atoms with Crippen molar-refractivity contribution < 1.29 is 9.59 Å². The number of alkyl halides is 1. The highest BCUT2D eigenvalue weighted by molar-refractivity contribution is 6.29. The van der Waals surface area contributed by atoms with E-state index in [9.17, 15) is 9.59 Å². The number of nitrogens with one attached hydrogen (secondary N) is 2. The van der Waals surface area contributed by atoms with Crippen LogP contribution in [-0.2, 0) is 4.79 Å². The fraction of sp³-hybridized carbons (Fsp3) is 0.391. The molecule has 1 aliphatic heterocycles. The average Bonchev–Trinajstić information content (AvgIpc) is 2.74. The van der Waals surface area contributed by atoms with Crippen molar-refractivity contribution in [2.75, 3.05) is 29.2 Å². The van der Waals surface area contributed by atoms with Gasteiger partial charge in [0.1, 0.15) is 5.88 Å². The average molecular weight is 414 g/mol. The minimum absolute atomic E-state index is 0.126. The van der Waals surface area contributed by atoms with Gasteiger partial charge in [-0.2, -0.15) is 0 Å². The zero-order valence-electron chi connectivity index (χ0n) is 17.0. The standard InChI is InChI=1S/C23H28ClN3O2/c1-16-10-12-27(13-11-16)21-9-8-19(26-22(28)15-24)14-20(21)23(29)25-17(2)18-6-4-3-5-7-18/h3-9,14,16-17H,10-13,15H2,1-2H3,(H,25,29)(H,26,28). The Morgan fingerprint density at radius 3 is 2.48 bits per heavy atom. The largest absolute Gasteiger partial charge is 0.371 e. The van der Waals surface area contributed by atoms with Crippen LogP contribution in [0.1, 0.15) is 48.7 Å². The molecule has 0 bridgehead atoms. The maximum absolute atomic E-state index is 13.2. The number of halogens is 1. The number of benzene rings is 2. The third-order valence-corrected chi connectivity index (χ3v) is 5.66. The van der Waals surface area contributed by atoms with Crippen molar-refractivity contribution in [3.05, 3.63) is 59.7 Å². The highest BCUT2D eigenvalue weighted by atomic mass is 35.5. The highest BCUT2D eigenvalue weighted by Gasteiger charge is 2.22. The van der Waals surface area contributed by atoms with Gasteiger partial charge in [-0.15, -0.1) is 11.6 Å². The van der Waals surface area contributed by atoms with Crippen molar-refractivity contribution >= 4 is 34.8 Å². The molecule has 0 spiro atoms. The second-order valence-corrected chi connectivity index (χ2v) is 7.96. The minimum atomic E-state index is -0.296. The Morgan fingerprint density at radius 2 is 1.83 bits per heavy atom. The molecular formula is C23H28ClN3O2. The smallest absolute Gasteiger partial charge is 0.253 e. The molecule has 2 N–H and O–H groups in total. The van der Waals surface area contributed by atoms with Gasteiger partial charge in [-0.05, 0) is 49.4 Å². The number of carbonyl (C=O) groups is 2. The Hall–Kier alpha value is -2.53. The Balaban J connectivity index is 1.86. The molecule has 2 amide bonds. The third kappa shape index (κ3) is 5.51. The summed E-state index contributed by atoms with van der Waals surface area (Å²) in [5.74, 6) is 0.120. The van der Waals surface area contributed by atoms with Gasteiger partial charge in [0.15, 0.2) is 0 Å². The summed E-state index contributed by atoms with van der Waals surface area (Å²) in [4.78, 5) is 27.1. The molecular weight excluding hydrogens is 386 g/mol. The maximum Gasteiger partial charge on any atom is 0.253 e. The number of carbonyl (C=O) groups excluding carboxylic acids is 2. The first-order valence-corrected chi connectivity index (χ1v) is 10.6. The van der Waals surface area contributed by atoms with Gasteiger partial charge in [-0.1, -0.05) is 37.3 Å². The molecule has 2 aromatic rings. The first kappa shape index (κ1) is 21.2. The Bertz CT molecular complexity index is 848. The Labute approximate surface area is 177 Å². The summed E-state index contributed by atoms with van der Waals surface area (Å²) >= 11 is 5.61. The summed E-state index contributed by atoms with van der Waals surface area (Å²) in [6, 6.07) is 15.2. The number of piperidine rings is 1. The fourth-order valence-electron chi connectivity index (χ4n) is 3.61. The minimum Gasteiger partial charge on any atom is -0.371 e. The van der Waals surface area contributed by atoms with Crippen molar-refractivity contribution in [1.29, 1.82) is 0 Å². The van der Waals surface area contributed by atoms with Gasteiger partial charge in [0.25, 0.3) is 5.91 Å². The normalized spacial score (nSPS) is 15.6. The van der Waals surface area contributed by atoms with Gasteiger partial charge in [0, 0.05) is 24.5 Å². The number of amides is 2. The van der Waals surface area contributed by atoms with E-state index < -0.39 is 0 Å². The van der Waals surface area contributed by atoms with Crippen molar-refractivity contribution in [1.82, 2.24) is 5.32 Å². The lowest BCUT2D eigenvalue weighted by atomic mass is 9.97. The van der Waals surface area contributed by atoms with Gasteiger partial charge in [0.05, 0.1) is 11.6 Å². The van der Waals surface area contributed by atoms with E-state index >= 15 is 0 Å². The molecule has 1 fully saturated rings. The van der Waals surface area contributed by atoms with Crippen LogP contribution in [0.25, 0.3) is 0 Å². The van der Waals surface area contributed by atoms with Crippen LogP contribution >= 0.6 is 11.6 Å². The SMILES string of the molecule is CC1CCN(c2ccc(NC(=O)CCl)cc2C(=O)NC(C)c2ccccc2)CC1. The summed E-state index contributed by atoms with van der Waals surface area (Å²) in [5.41, 5.74) is 3.08. The monoisotopic (exact) mass is 413 g/mol. The molecule has 1 unspecified atom stereocenters. The predicted molar refractivity (Wildman–Crippen MR) is 119 cm³/mol. The quantitative estimate of drug-likeness (QED) is 0.681.